The van der Waals surface area contributed by atoms with Crippen LogP contribution in [0.25, 0.3) is 5.57 Å². The number of carbonyl (C=O) groups is 1. The standard InChI is InChI=1S/C20H26F3NO2/c1-15-4-6-17(7-5-15)16(2)14-19(26-3)10-12-24(13-11-19)18(25)8-9-20(21,22)23/h4-7H,2,8-14H2,1,3H3. The van der Waals surface area contributed by atoms with Gasteiger partial charge in [0.15, 0.2) is 0 Å². The lowest BCUT2D eigenvalue weighted by Gasteiger charge is -2.41. The van der Waals surface area contributed by atoms with Crippen molar-refractivity contribution in [3.63, 3.8) is 0 Å². The van der Waals surface area contributed by atoms with Crippen molar-refractivity contribution >= 4 is 11.5 Å². The number of ether oxygens (including phenoxy) is 1. The SMILES string of the molecule is C=C(CC1(OC)CCN(C(=O)CCC(F)(F)F)CC1)c1ccc(C)cc1. The fourth-order valence-electron chi connectivity index (χ4n) is 3.30. The number of hydrogen-bond acceptors (Lipinski definition) is 2. The molecule has 0 bridgehead atoms. The molecule has 26 heavy (non-hydrogen) atoms. The van der Waals surface area contributed by atoms with Crippen LogP contribution in [0.2, 0.25) is 0 Å². The second-order valence-corrected chi connectivity index (χ2v) is 7.03. The lowest BCUT2D eigenvalue weighted by Crippen LogP contribution is -2.47. The van der Waals surface area contributed by atoms with Gasteiger partial charge in [0.25, 0.3) is 0 Å². The van der Waals surface area contributed by atoms with Crippen molar-refractivity contribution in [2.75, 3.05) is 20.2 Å². The Kier molecular flexibility index (Phi) is 6.50. The summed E-state index contributed by atoms with van der Waals surface area (Å²) >= 11 is 0. The zero-order valence-electron chi connectivity index (χ0n) is 15.4. The third-order valence-electron chi connectivity index (χ3n) is 5.08. The van der Waals surface area contributed by atoms with Crippen molar-refractivity contribution in [1.82, 2.24) is 4.90 Å². The molecule has 1 amide bonds. The van der Waals surface area contributed by atoms with Crippen LogP contribution >= 0.6 is 0 Å². The zero-order valence-corrected chi connectivity index (χ0v) is 15.4. The lowest BCUT2D eigenvalue weighted by atomic mass is 9.83. The Hall–Kier alpha value is -1.82. The maximum atomic E-state index is 12.3. The molecule has 2 rings (SSSR count). The van der Waals surface area contributed by atoms with Crippen LogP contribution in [0, 0.1) is 6.92 Å². The van der Waals surface area contributed by atoms with Gasteiger partial charge in [0, 0.05) is 33.0 Å². The van der Waals surface area contributed by atoms with Gasteiger partial charge in [0.2, 0.25) is 5.91 Å². The van der Waals surface area contributed by atoms with Crippen molar-refractivity contribution in [2.45, 2.75) is 50.8 Å². The molecule has 0 atom stereocenters. The Balaban J connectivity index is 1.92. The molecule has 144 valence electrons. The van der Waals surface area contributed by atoms with E-state index in [4.69, 9.17) is 4.74 Å². The summed E-state index contributed by atoms with van der Waals surface area (Å²) < 4.78 is 42.6. The fraction of sp³-hybridized carbons (Fsp3) is 0.550. The average molecular weight is 369 g/mol. The first-order chi connectivity index (χ1) is 12.1. The van der Waals surface area contributed by atoms with Crippen molar-refractivity contribution in [2.24, 2.45) is 0 Å². The van der Waals surface area contributed by atoms with Crippen molar-refractivity contribution in [1.29, 1.82) is 0 Å². The Morgan fingerprint density at radius 3 is 2.31 bits per heavy atom. The molecule has 6 heteroatoms. The quantitative estimate of drug-likeness (QED) is 0.724. The summed E-state index contributed by atoms with van der Waals surface area (Å²) in [6.45, 7) is 7.01. The van der Waals surface area contributed by atoms with E-state index in [-0.39, 0.29) is 0 Å². The van der Waals surface area contributed by atoms with E-state index in [2.05, 4.69) is 6.58 Å². The molecule has 0 unspecified atom stereocenters. The highest BCUT2D eigenvalue weighted by molar-refractivity contribution is 5.76. The molecule has 1 aromatic rings. The van der Waals surface area contributed by atoms with E-state index in [9.17, 15) is 18.0 Å². The normalized spacial score (nSPS) is 17.2. The summed E-state index contributed by atoms with van der Waals surface area (Å²) in [5, 5.41) is 0. The van der Waals surface area contributed by atoms with Gasteiger partial charge in [-0.05, 0) is 30.9 Å². The van der Waals surface area contributed by atoms with Crippen LogP contribution < -0.4 is 0 Å². The molecule has 1 fully saturated rings. The number of aryl methyl sites for hydroxylation is 1. The number of halogens is 3. The fourth-order valence-corrected chi connectivity index (χ4v) is 3.30. The number of likely N-dealkylation sites (tertiary alicyclic amines) is 1. The van der Waals surface area contributed by atoms with Gasteiger partial charge in [-0.1, -0.05) is 36.4 Å². The summed E-state index contributed by atoms with van der Waals surface area (Å²) in [5.74, 6) is -0.440. The Morgan fingerprint density at radius 1 is 1.23 bits per heavy atom. The lowest BCUT2D eigenvalue weighted by molar-refractivity contribution is -0.151. The molecule has 3 nitrogen and oxygen atoms in total. The van der Waals surface area contributed by atoms with Gasteiger partial charge in [-0.2, -0.15) is 13.2 Å². The minimum atomic E-state index is -4.30. The van der Waals surface area contributed by atoms with Crippen LogP contribution in [0.1, 0.15) is 43.2 Å². The van der Waals surface area contributed by atoms with Crippen LogP contribution in [-0.2, 0) is 9.53 Å². The van der Waals surface area contributed by atoms with E-state index < -0.39 is 30.5 Å². The molecule has 0 spiro atoms. The zero-order chi connectivity index (χ0) is 19.4. The summed E-state index contributed by atoms with van der Waals surface area (Å²) in [4.78, 5) is 13.5. The Bertz CT molecular complexity index is 629. The maximum Gasteiger partial charge on any atom is 0.389 e. The average Bonchev–Trinajstić information content (AvgIpc) is 2.60. The number of benzene rings is 1. The second-order valence-electron chi connectivity index (χ2n) is 7.03. The molecule has 1 aliphatic heterocycles. The molecular formula is C20H26F3NO2. The third-order valence-corrected chi connectivity index (χ3v) is 5.08. The third kappa shape index (κ3) is 5.59. The first-order valence-corrected chi connectivity index (χ1v) is 8.79. The number of piperidine rings is 1. The van der Waals surface area contributed by atoms with Gasteiger partial charge in [0.05, 0.1) is 12.0 Å². The number of nitrogens with zero attached hydrogens (tertiary/aromatic N) is 1. The minimum absolute atomic E-state index is 0.408. The molecule has 1 aliphatic rings. The van der Waals surface area contributed by atoms with Crippen LogP contribution in [0.15, 0.2) is 30.8 Å². The largest absolute Gasteiger partial charge is 0.389 e. The van der Waals surface area contributed by atoms with Crippen LogP contribution in [0.3, 0.4) is 0 Å². The smallest absolute Gasteiger partial charge is 0.378 e. The molecule has 1 aromatic carbocycles. The summed E-state index contributed by atoms with van der Waals surface area (Å²) in [6, 6.07) is 8.11. The summed E-state index contributed by atoms with van der Waals surface area (Å²) in [6.07, 6.45) is -4.04. The Labute approximate surface area is 152 Å². The first-order valence-electron chi connectivity index (χ1n) is 8.79. The van der Waals surface area contributed by atoms with E-state index in [0.29, 0.717) is 32.4 Å². The van der Waals surface area contributed by atoms with Gasteiger partial charge >= 0.3 is 6.18 Å². The molecule has 0 aliphatic carbocycles. The Morgan fingerprint density at radius 2 is 1.81 bits per heavy atom. The number of rotatable bonds is 6. The molecule has 1 heterocycles. The number of amides is 1. The number of alkyl halides is 3. The van der Waals surface area contributed by atoms with Crippen LogP contribution in [0.4, 0.5) is 13.2 Å². The minimum Gasteiger partial charge on any atom is -0.378 e. The summed E-state index contributed by atoms with van der Waals surface area (Å²) in [5.41, 5.74) is 2.76. The maximum absolute atomic E-state index is 12.3. The number of hydrogen-bond donors (Lipinski definition) is 0. The van der Waals surface area contributed by atoms with Crippen molar-refractivity contribution in [3.05, 3.63) is 42.0 Å². The van der Waals surface area contributed by atoms with Gasteiger partial charge < -0.3 is 9.64 Å². The van der Waals surface area contributed by atoms with E-state index in [1.54, 1.807) is 7.11 Å². The molecular weight excluding hydrogens is 343 g/mol. The summed E-state index contributed by atoms with van der Waals surface area (Å²) in [7, 11) is 1.64. The van der Waals surface area contributed by atoms with E-state index in [1.807, 2.05) is 31.2 Å². The van der Waals surface area contributed by atoms with E-state index >= 15 is 0 Å². The predicted molar refractivity (Wildman–Crippen MR) is 95.7 cm³/mol. The molecule has 1 saturated heterocycles. The van der Waals surface area contributed by atoms with Crippen LogP contribution in [-0.4, -0.2) is 42.8 Å². The topological polar surface area (TPSA) is 29.5 Å². The van der Waals surface area contributed by atoms with Crippen molar-refractivity contribution in [3.8, 4) is 0 Å². The van der Waals surface area contributed by atoms with Gasteiger partial charge in [0.1, 0.15) is 0 Å². The molecule has 0 N–H and O–H groups in total. The van der Waals surface area contributed by atoms with Crippen molar-refractivity contribution < 1.29 is 22.7 Å². The van der Waals surface area contributed by atoms with Crippen LogP contribution in [0.5, 0.6) is 0 Å². The number of methoxy groups -OCH3 is 1. The van der Waals surface area contributed by atoms with Gasteiger partial charge in [-0.3, -0.25) is 4.79 Å². The van der Waals surface area contributed by atoms with E-state index in [0.717, 1.165) is 11.1 Å². The first kappa shape index (κ1) is 20.5. The highest BCUT2D eigenvalue weighted by Crippen LogP contribution is 2.35. The van der Waals surface area contributed by atoms with E-state index in [1.165, 1.54) is 10.5 Å². The highest BCUT2D eigenvalue weighted by Gasteiger charge is 2.37. The molecule has 0 aromatic heterocycles. The second kappa shape index (κ2) is 8.25. The molecule has 0 saturated carbocycles. The van der Waals surface area contributed by atoms with Gasteiger partial charge in [-0.15, -0.1) is 0 Å². The highest BCUT2D eigenvalue weighted by atomic mass is 19.4. The predicted octanol–water partition coefficient (Wildman–Crippen LogP) is 4.75. The molecule has 0 radical (unpaired) electrons. The monoisotopic (exact) mass is 369 g/mol. The van der Waals surface area contributed by atoms with Gasteiger partial charge in [-0.25, -0.2) is 0 Å². The number of carbonyl (C=O) groups excluding carboxylic acids is 1.